The van der Waals surface area contributed by atoms with Crippen molar-refractivity contribution >= 4 is 22.0 Å². The Labute approximate surface area is 232 Å². The van der Waals surface area contributed by atoms with Crippen LogP contribution in [0.4, 0.5) is 14.5 Å². The zero-order chi connectivity index (χ0) is 28.9. The lowest BCUT2D eigenvalue weighted by molar-refractivity contribution is -0.130. The Morgan fingerprint density at radius 3 is 2.23 bits per heavy atom. The number of carbonyl (C=O) groups is 1. The maximum Gasteiger partial charge on any atom is 0.233 e. The van der Waals surface area contributed by atoms with Gasteiger partial charge in [0.25, 0.3) is 0 Å². The minimum Gasteiger partial charge on any atom is -0.726 e. The molecule has 3 atom stereocenters. The molecule has 1 aliphatic heterocycles. The maximum absolute atomic E-state index is 13.6. The van der Waals surface area contributed by atoms with E-state index in [1.54, 1.807) is 29.2 Å². The van der Waals surface area contributed by atoms with E-state index in [-0.39, 0.29) is 36.6 Å². The molecule has 0 radical (unpaired) electrons. The summed E-state index contributed by atoms with van der Waals surface area (Å²) in [4.78, 5) is 14.8. The summed E-state index contributed by atoms with van der Waals surface area (Å²) < 4.78 is 68.1. The smallest absolute Gasteiger partial charge is 0.233 e. The van der Waals surface area contributed by atoms with E-state index < -0.39 is 28.2 Å². The van der Waals surface area contributed by atoms with Gasteiger partial charge in [-0.1, -0.05) is 19.1 Å². The van der Waals surface area contributed by atoms with Crippen LogP contribution in [0.1, 0.15) is 55.7 Å². The average Bonchev–Trinajstić information content (AvgIpc) is 2.90. The van der Waals surface area contributed by atoms with Crippen molar-refractivity contribution < 1.29 is 40.6 Å². The monoisotopic (exact) mass is 574 g/mol. The van der Waals surface area contributed by atoms with Crippen molar-refractivity contribution in [1.29, 1.82) is 0 Å². The molecule has 0 spiro atoms. The second-order valence-corrected chi connectivity index (χ2v) is 10.8. The van der Waals surface area contributed by atoms with Gasteiger partial charge in [-0.05, 0) is 85.7 Å². The highest BCUT2D eigenvalue weighted by atomic mass is 32.3. The molecule has 1 aliphatic rings. The van der Waals surface area contributed by atoms with Gasteiger partial charge in [0.05, 0.1) is 25.2 Å². The molecule has 1 N–H and O–H groups in total. The maximum atomic E-state index is 13.6. The fourth-order valence-corrected chi connectivity index (χ4v) is 5.20. The number of carbonyl (C=O) groups excluding carboxylic acids is 1. The summed E-state index contributed by atoms with van der Waals surface area (Å²) >= 11 is 0. The van der Waals surface area contributed by atoms with E-state index >= 15 is 0 Å². The van der Waals surface area contributed by atoms with Crippen LogP contribution in [0.25, 0.3) is 0 Å². The normalized spacial score (nSPS) is 17.9. The van der Waals surface area contributed by atoms with Crippen LogP contribution >= 0.6 is 0 Å². The number of anilines is 1. The molecular formula is C29H30F2NO7S-. The third-order valence-corrected chi connectivity index (χ3v) is 7.48. The summed E-state index contributed by atoms with van der Waals surface area (Å²) in [5.41, 5.74) is 2.00. The fraction of sp³-hybridized carbons (Fsp3) is 0.345. The van der Waals surface area contributed by atoms with E-state index in [9.17, 15) is 31.7 Å². The van der Waals surface area contributed by atoms with Gasteiger partial charge in [0, 0.05) is 17.3 Å². The predicted octanol–water partition coefficient (Wildman–Crippen LogP) is 5.59. The van der Waals surface area contributed by atoms with Gasteiger partial charge in [0.1, 0.15) is 23.1 Å². The lowest BCUT2D eigenvalue weighted by Crippen LogP contribution is -2.55. The van der Waals surface area contributed by atoms with E-state index in [0.29, 0.717) is 42.7 Å². The molecule has 8 nitrogen and oxygen atoms in total. The van der Waals surface area contributed by atoms with Crippen LogP contribution in [0.15, 0.2) is 66.7 Å². The Balaban J connectivity index is 1.46. The molecule has 0 aromatic heterocycles. The van der Waals surface area contributed by atoms with Gasteiger partial charge in [-0.2, -0.15) is 0 Å². The number of nitrogens with zero attached hydrogens (tertiary/aromatic N) is 1. The molecule has 1 saturated heterocycles. The van der Waals surface area contributed by atoms with Crippen molar-refractivity contribution in [2.45, 2.75) is 44.6 Å². The number of rotatable bonds is 13. The van der Waals surface area contributed by atoms with Gasteiger partial charge in [0.15, 0.2) is 0 Å². The first-order chi connectivity index (χ1) is 19.0. The third-order valence-electron chi connectivity index (χ3n) is 7.02. The molecule has 1 fully saturated rings. The number of hydrogen-bond donors (Lipinski definition) is 1. The van der Waals surface area contributed by atoms with E-state index in [2.05, 4.69) is 4.18 Å². The van der Waals surface area contributed by atoms with Gasteiger partial charge in [0.2, 0.25) is 16.3 Å². The lowest BCUT2D eigenvalue weighted by Gasteiger charge is -2.48. The molecular weight excluding hydrogens is 544 g/mol. The molecule has 0 unspecified atom stereocenters. The second-order valence-electron chi connectivity index (χ2n) is 9.77. The number of ether oxygens (including phenoxy) is 1. The Morgan fingerprint density at radius 1 is 0.975 bits per heavy atom. The fourth-order valence-electron chi connectivity index (χ4n) is 4.88. The summed E-state index contributed by atoms with van der Waals surface area (Å²) in [6.07, 6.45) is 1.90. The number of phenols is 1. The van der Waals surface area contributed by atoms with Gasteiger partial charge in [-0.15, -0.1) is 0 Å². The number of benzene rings is 3. The van der Waals surface area contributed by atoms with Gasteiger partial charge in [-0.25, -0.2) is 17.2 Å². The van der Waals surface area contributed by atoms with Crippen molar-refractivity contribution in [1.82, 2.24) is 0 Å². The summed E-state index contributed by atoms with van der Waals surface area (Å²) in [7, 11) is -4.72. The van der Waals surface area contributed by atoms with Crippen molar-refractivity contribution in [3.63, 3.8) is 0 Å². The van der Waals surface area contributed by atoms with Crippen molar-refractivity contribution in [2.75, 3.05) is 18.1 Å². The Hall–Kier alpha value is -3.54. The first kappa shape index (κ1) is 29.4. The summed E-state index contributed by atoms with van der Waals surface area (Å²) in [5, 5.41) is 10.9. The van der Waals surface area contributed by atoms with Gasteiger partial charge < -0.3 is 19.3 Å². The molecule has 214 valence electrons. The molecule has 4 rings (SSSR count). The van der Waals surface area contributed by atoms with Crippen molar-refractivity contribution in [3.05, 3.63) is 89.5 Å². The van der Waals surface area contributed by atoms with E-state index in [0.717, 1.165) is 5.56 Å². The highest BCUT2D eigenvalue weighted by Gasteiger charge is 2.49. The zero-order valence-corrected chi connectivity index (χ0v) is 22.7. The molecule has 0 saturated carbocycles. The first-order valence-corrected chi connectivity index (χ1v) is 14.3. The molecule has 11 heteroatoms. The van der Waals surface area contributed by atoms with Crippen LogP contribution in [0.5, 0.6) is 11.5 Å². The number of amides is 1. The number of hydrogen-bond acceptors (Lipinski definition) is 7. The molecule has 0 bridgehead atoms. The van der Waals surface area contributed by atoms with Crippen LogP contribution in [-0.2, 0) is 19.4 Å². The van der Waals surface area contributed by atoms with Gasteiger partial charge >= 0.3 is 0 Å². The minimum absolute atomic E-state index is 0.0699. The Morgan fingerprint density at radius 2 is 1.60 bits per heavy atom. The topological polar surface area (TPSA) is 116 Å². The number of phenolic OH excluding ortho intramolecular Hbond substituents is 1. The number of halogens is 2. The average molecular weight is 575 g/mol. The van der Waals surface area contributed by atoms with Gasteiger partial charge in [-0.3, -0.25) is 8.98 Å². The van der Waals surface area contributed by atoms with Crippen LogP contribution in [-0.4, -0.2) is 37.2 Å². The van der Waals surface area contributed by atoms with Crippen molar-refractivity contribution in [2.24, 2.45) is 5.92 Å². The van der Waals surface area contributed by atoms with E-state index in [1.807, 2.05) is 6.92 Å². The van der Waals surface area contributed by atoms with Crippen molar-refractivity contribution in [3.8, 4) is 11.5 Å². The molecule has 0 aliphatic carbocycles. The van der Waals surface area contributed by atoms with E-state index in [4.69, 9.17) is 4.74 Å². The highest BCUT2D eigenvalue weighted by Crippen LogP contribution is 2.49. The number of β-lactam (4-membered cyclic amide) rings is 1. The molecule has 1 heterocycles. The van der Waals surface area contributed by atoms with Crippen LogP contribution < -0.4 is 9.64 Å². The molecule has 3 aromatic rings. The first-order valence-electron chi connectivity index (χ1n) is 12.9. The predicted molar refractivity (Wildman–Crippen MR) is 143 cm³/mol. The summed E-state index contributed by atoms with van der Waals surface area (Å²) in [6.45, 7) is 1.97. The minimum atomic E-state index is -4.72. The molecule has 40 heavy (non-hydrogen) atoms. The van der Waals surface area contributed by atoms with Crippen LogP contribution in [0.2, 0.25) is 0 Å². The zero-order valence-electron chi connectivity index (χ0n) is 21.8. The Bertz CT molecular complexity index is 1420. The molecule has 3 aromatic carbocycles. The highest BCUT2D eigenvalue weighted by molar-refractivity contribution is 7.80. The largest absolute Gasteiger partial charge is 0.726 e. The SMILES string of the molecule is C[C@@H](CC[C@H]1C(=O)N(c2ccc(F)cc2)[C@@H]1c1ccc(OCCCCOS(=O)(=O)[O-])cc1O)c1ccc(F)cc1. The quantitative estimate of drug-likeness (QED) is 0.122. The number of aromatic hydroxyl groups is 1. The summed E-state index contributed by atoms with van der Waals surface area (Å²) in [5.74, 6) is -0.917. The van der Waals surface area contributed by atoms with Crippen LogP contribution in [0, 0.1) is 17.6 Å². The standard InChI is InChI=1S/C29H31F2NO7S/c1-19(20-5-7-21(30)8-6-20)4-14-26-28(32(29(26)34)23-11-9-22(31)10-12-23)25-15-13-24(18-27(25)33)38-16-2-3-17-39-40(35,36)37/h5-13,15,18-19,26,28,33H,2-4,14,16-17H2,1H3,(H,35,36,37)/p-1/t19-,26+,28+/m0/s1. The van der Waals surface area contributed by atoms with E-state index in [1.165, 1.54) is 42.5 Å². The van der Waals surface area contributed by atoms with Crippen LogP contribution in [0.3, 0.4) is 0 Å². The Kier molecular flexibility index (Phi) is 9.39. The second kappa shape index (κ2) is 12.8. The number of unbranched alkanes of at least 4 members (excludes halogenated alkanes) is 1. The summed E-state index contributed by atoms with van der Waals surface area (Å²) in [6, 6.07) is 16.2. The molecule has 1 amide bonds. The lowest BCUT2D eigenvalue weighted by atomic mass is 9.77. The third kappa shape index (κ3) is 7.35.